The van der Waals surface area contributed by atoms with Crippen molar-refractivity contribution in [2.24, 2.45) is 0 Å². The van der Waals surface area contributed by atoms with Crippen LogP contribution < -0.4 is 10.6 Å². The number of aliphatic hydroxyl groups excluding tert-OH is 1. The number of imide groups is 1. The van der Waals surface area contributed by atoms with E-state index in [2.05, 4.69) is 10.6 Å². The van der Waals surface area contributed by atoms with Crippen molar-refractivity contribution in [1.29, 1.82) is 0 Å². The number of hydrogen-bond acceptors (Lipinski definition) is 3. The highest BCUT2D eigenvalue weighted by Gasteiger charge is 2.48. The van der Waals surface area contributed by atoms with Crippen LogP contribution in [0.1, 0.15) is 18.6 Å². The molecule has 1 fully saturated rings. The van der Waals surface area contributed by atoms with Gasteiger partial charge >= 0.3 is 6.03 Å². The van der Waals surface area contributed by atoms with Crippen molar-refractivity contribution in [2.75, 3.05) is 0 Å². The third kappa shape index (κ3) is 2.81. The van der Waals surface area contributed by atoms with Gasteiger partial charge in [0.2, 0.25) is 0 Å². The zero-order valence-corrected chi connectivity index (χ0v) is 13.1. The zero-order chi connectivity index (χ0) is 16.6. The minimum Gasteiger partial charge on any atom is -0.385 e. The molecule has 0 bridgehead atoms. The van der Waals surface area contributed by atoms with Gasteiger partial charge in [0, 0.05) is 5.02 Å². The Morgan fingerprint density at radius 3 is 2.00 bits per heavy atom. The van der Waals surface area contributed by atoms with E-state index in [0.29, 0.717) is 10.6 Å². The average Bonchev–Trinajstić information content (AvgIpc) is 2.81. The molecule has 3 N–H and O–H groups in total. The van der Waals surface area contributed by atoms with Crippen LogP contribution in [-0.4, -0.2) is 22.6 Å². The summed E-state index contributed by atoms with van der Waals surface area (Å²) in [7, 11) is 0. The molecule has 1 saturated heterocycles. The summed E-state index contributed by atoms with van der Waals surface area (Å²) in [6.45, 7) is 1.49. The maximum atomic E-state index is 11.9. The summed E-state index contributed by atoms with van der Waals surface area (Å²) in [5.41, 5.74) is 1.12. The fourth-order valence-corrected chi connectivity index (χ4v) is 2.71. The lowest BCUT2D eigenvalue weighted by Crippen LogP contribution is -2.49. The van der Waals surface area contributed by atoms with Crippen molar-refractivity contribution in [2.45, 2.75) is 18.6 Å². The first kappa shape index (κ1) is 15.5. The van der Waals surface area contributed by atoms with Crippen molar-refractivity contribution in [1.82, 2.24) is 10.6 Å². The van der Waals surface area contributed by atoms with Gasteiger partial charge in [0.15, 0.2) is 0 Å². The number of rotatable bonds is 3. The Hall–Kier alpha value is -2.37. The van der Waals surface area contributed by atoms with Crippen LogP contribution in [0.4, 0.5) is 4.79 Å². The highest BCUT2D eigenvalue weighted by atomic mass is 35.5. The maximum absolute atomic E-state index is 11.9. The number of nitrogens with one attached hydrogen (secondary N) is 2. The van der Waals surface area contributed by atoms with Crippen molar-refractivity contribution < 1.29 is 14.7 Å². The molecule has 5 nitrogen and oxygen atoms in total. The number of benzene rings is 2. The lowest BCUT2D eigenvalue weighted by molar-refractivity contribution is -0.127. The van der Waals surface area contributed by atoms with Crippen LogP contribution in [-0.2, 0) is 4.79 Å². The van der Waals surface area contributed by atoms with Gasteiger partial charge in [-0.15, -0.1) is 0 Å². The van der Waals surface area contributed by atoms with E-state index in [9.17, 15) is 14.7 Å². The van der Waals surface area contributed by atoms with Crippen LogP contribution >= 0.6 is 11.6 Å². The summed E-state index contributed by atoms with van der Waals surface area (Å²) < 4.78 is 0. The van der Waals surface area contributed by atoms with E-state index in [4.69, 9.17) is 11.6 Å². The van der Waals surface area contributed by atoms with Gasteiger partial charge in [-0.2, -0.15) is 0 Å². The number of hydrogen-bond donors (Lipinski definition) is 3. The van der Waals surface area contributed by atoms with Gasteiger partial charge in [-0.1, -0.05) is 48.0 Å². The minimum absolute atomic E-state index is 0.544. The first-order valence-corrected chi connectivity index (χ1v) is 7.45. The molecule has 2 aromatic carbocycles. The molecule has 23 heavy (non-hydrogen) atoms. The Balaban J connectivity index is 1.86. The smallest absolute Gasteiger partial charge is 0.322 e. The predicted molar refractivity (Wildman–Crippen MR) is 86.9 cm³/mol. The van der Waals surface area contributed by atoms with Crippen LogP contribution in [0.15, 0.2) is 48.5 Å². The molecule has 0 radical (unpaired) electrons. The van der Waals surface area contributed by atoms with Gasteiger partial charge in [0.1, 0.15) is 11.6 Å². The Kier molecular flexibility index (Phi) is 3.83. The summed E-state index contributed by atoms with van der Waals surface area (Å²) in [6.07, 6.45) is -1.15. The lowest BCUT2D eigenvalue weighted by atomic mass is 9.89. The van der Waals surface area contributed by atoms with Gasteiger partial charge in [0.25, 0.3) is 5.91 Å². The van der Waals surface area contributed by atoms with Crippen LogP contribution in [0.3, 0.4) is 0 Å². The molecule has 1 aliphatic rings. The van der Waals surface area contributed by atoms with E-state index in [1.165, 1.54) is 6.92 Å². The summed E-state index contributed by atoms with van der Waals surface area (Å²) in [5.74, 6) is -0.545. The van der Waals surface area contributed by atoms with Crippen LogP contribution in [0.5, 0.6) is 0 Å². The molecule has 6 heteroatoms. The maximum Gasteiger partial charge on any atom is 0.322 e. The van der Waals surface area contributed by atoms with Crippen LogP contribution in [0.25, 0.3) is 11.1 Å². The van der Waals surface area contributed by atoms with Crippen LogP contribution in [0, 0.1) is 0 Å². The molecule has 118 valence electrons. The highest BCUT2D eigenvalue weighted by molar-refractivity contribution is 6.30. The Labute approximate surface area is 138 Å². The molecule has 3 amide bonds. The fraction of sp³-hybridized carbons (Fsp3) is 0.176. The van der Waals surface area contributed by atoms with E-state index in [0.717, 1.165) is 11.1 Å². The Morgan fingerprint density at radius 1 is 1.00 bits per heavy atom. The Bertz CT molecular complexity index is 758. The zero-order valence-electron chi connectivity index (χ0n) is 12.3. The standard InChI is InChI=1S/C17H15ClN2O3/c1-17(15(22)19-16(23)20-17)14(21)12-4-2-10(3-5-12)11-6-8-13(18)9-7-11/h2-9,14,21H,1H3,(H2,19,20,22,23). The monoisotopic (exact) mass is 330 g/mol. The van der Waals surface area contributed by atoms with Crippen LogP contribution in [0.2, 0.25) is 5.02 Å². The number of carbonyl (C=O) groups is 2. The highest BCUT2D eigenvalue weighted by Crippen LogP contribution is 2.30. The van der Waals surface area contributed by atoms with E-state index in [-0.39, 0.29) is 0 Å². The molecule has 0 spiro atoms. The van der Waals surface area contributed by atoms with Crippen molar-refractivity contribution in [3.63, 3.8) is 0 Å². The van der Waals surface area contributed by atoms with E-state index in [1.54, 1.807) is 24.3 Å². The molecule has 1 heterocycles. The molecule has 2 atom stereocenters. The van der Waals surface area contributed by atoms with E-state index >= 15 is 0 Å². The van der Waals surface area contributed by atoms with Gasteiger partial charge in [-0.05, 0) is 35.7 Å². The second-order valence-corrected chi connectivity index (χ2v) is 6.08. The normalized spacial score (nSPS) is 21.7. The molecule has 0 saturated carbocycles. The second-order valence-electron chi connectivity index (χ2n) is 5.64. The van der Waals surface area contributed by atoms with Gasteiger partial charge in [-0.3, -0.25) is 10.1 Å². The van der Waals surface area contributed by atoms with E-state index < -0.39 is 23.6 Å². The summed E-state index contributed by atoms with van der Waals surface area (Å²) in [6, 6.07) is 14.0. The fourth-order valence-electron chi connectivity index (χ4n) is 2.58. The van der Waals surface area contributed by atoms with Gasteiger partial charge in [0.05, 0.1) is 0 Å². The molecule has 0 aliphatic carbocycles. The summed E-state index contributed by atoms with van der Waals surface area (Å²) in [5, 5.41) is 15.7. The Morgan fingerprint density at radius 2 is 1.52 bits per heavy atom. The van der Waals surface area contributed by atoms with Crippen molar-refractivity contribution >= 4 is 23.5 Å². The first-order valence-electron chi connectivity index (χ1n) is 7.08. The molecular weight excluding hydrogens is 316 g/mol. The quantitative estimate of drug-likeness (QED) is 0.757. The third-order valence-corrected chi connectivity index (χ3v) is 4.27. The number of halogens is 1. The molecule has 0 aromatic heterocycles. The number of urea groups is 1. The predicted octanol–water partition coefficient (Wildman–Crippen LogP) is 2.64. The lowest BCUT2D eigenvalue weighted by Gasteiger charge is -2.27. The average molecular weight is 331 g/mol. The third-order valence-electron chi connectivity index (χ3n) is 4.02. The number of amides is 3. The molecule has 3 rings (SSSR count). The van der Waals surface area contributed by atoms with Crippen molar-refractivity contribution in [3.8, 4) is 11.1 Å². The minimum atomic E-state index is -1.38. The second kappa shape index (κ2) is 5.68. The van der Waals surface area contributed by atoms with E-state index in [1.807, 2.05) is 24.3 Å². The topological polar surface area (TPSA) is 78.4 Å². The van der Waals surface area contributed by atoms with Crippen molar-refractivity contribution in [3.05, 3.63) is 59.1 Å². The molecule has 2 aromatic rings. The molecule has 2 unspecified atom stereocenters. The largest absolute Gasteiger partial charge is 0.385 e. The molecular formula is C17H15ClN2O3. The summed E-state index contributed by atoms with van der Waals surface area (Å²) >= 11 is 5.87. The van der Waals surface area contributed by atoms with Gasteiger partial charge in [-0.25, -0.2) is 4.79 Å². The molecule has 1 aliphatic heterocycles. The first-order chi connectivity index (χ1) is 10.9. The number of carbonyl (C=O) groups excluding carboxylic acids is 2. The SMILES string of the molecule is CC1(C(O)c2ccc(-c3ccc(Cl)cc3)cc2)NC(=O)NC1=O. The number of aliphatic hydroxyl groups is 1. The summed E-state index contributed by atoms with van der Waals surface area (Å²) in [4.78, 5) is 23.2. The van der Waals surface area contributed by atoms with Gasteiger partial charge < -0.3 is 10.4 Å².